The summed E-state index contributed by atoms with van der Waals surface area (Å²) >= 11 is 0. The molecule has 0 aliphatic carbocycles. The van der Waals surface area contributed by atoms with Crippen molar-refractivity contribution in [3.8, 4) is 0 Å². The SMILES string of the molecule is CCNC(=NCCCN(C)CC(F)(F)F)N1CCCC1.I. The van der Waals surface area contributed by atoms with E-state index in [1.165, 1.54) is 24.8 Å². The molecule has 1 aliphatic rings. The lowest BCUT2D eigenvalue weighted by Crippen LogP contribution is -2.39. The van der Waals surface area contributed by atoms with E-state index in [0.29, 0.717) is 19.5 Å². The highest BCUT2D eigenvalue weighted by Gasteiger charge is 2.28. The Morgan fingerprint density at radius 3 is 2.43 bits per heavy atom. The Kier molecular flexibility index (Phi) is 10.3. The molecule has 1 N–H and O–H groups in total. The van der Waals surface area contributed by atoms with Gasteiger partial charge in [-0.15, -0.1) is 24.0 Å². The number of guanidine groups is 1. The molecule has 0 aromatic rings. The lowest BCUT2D eigenvalue weighted by Gasteiger charge is -2.21. The third-order valence-electron chi connectivity index (χ3n) is 3.15. The van der Waals surface area contributed by atoms with Crippen LogP contribution < -0.4 is 5.32 Å². The van der Waals surface area contributed by atoms with Gasteiger partial charge in [0.05, 0.1) is 6.54 Å². The summed E-state index contributed by atoms with van der Waals surface area (Å²) in [6.45, 7) is 4.96. The molecule has 0 bridgehead atoms. The summed E-state index contributed by atoms with van der Waals surface area (Å²) in [5, 5.41) is 3.23. The molecule has 0 atom stereocenters. The fourth-order valence-corrected chi connectivity index (χ4v) is 2.27. The maximum absolute atomic E-state index is 12.2. The van der Waals surface area contributed by atoms with Crippen LogP contribution >= 0.6 is 24.0 Å². The van der Waals surface area contributed by atoms with E-state index >= 15 is 0 Å². The normalized spacial score (nSPS) is 16.3. The fourth-order valence-electron chi connectivity index (χ4n) is 2.27. The molecule has 0 spiro atoms. The molecule has 1 heterocycles. The van der Waals surface area contributed by atoms with Crippen LogP contribution in [-0.4, -0.2) is 68.3 Å². The molecule has 1 aliphatic heterocycles. The van der Waals surface area contributed by atoms with E-state index in [1.807, 2.05) is 6.92 Å². The lowest BCUT2D eigenvalue weighted by atomic mass is 10.4. The first kappa shape index (κ1) is 20.8. The maximum Gasteiger partial charge on any atom is 0.401 e. The van der Waals surface area contributed by atoms with Gasteiger partial charge >= 0.3 is 6.18 Å². The quantitative estimate of drug-likeness (QED) is 0.309. The van der Waals surface area contributed by atoms with Gasteiger partial charge in [0.1, 0.15) is 0 Å². The van der Waals surface area contributed by atoms with Crippen LogP contribution in [0.5, 0.6) is 0 Å². The van der Waals surface area contributed by atoms with E-state index < -0.39 is 12.7 Å². The van der Waals surface area contributed by atoms with E-state index in [0.717, 1.165) is 25.6 Å². The lowest BCUT2D eigenvalue weighted by molar-refractivity contribution is -0.143. The molecule has 126 valence electrons. The highest BCUT2D eigenvalue weighted by molar-refractivity contribution is 14.0. The maximum atomic E-state index is 12.2. The average Bonchev–Trinajstić information content (AvgIpc) is 2.84. The summed E-state index contributed by atoms with van der Waals surface area (Å²) in [6, 6.07) is 0. The van der Waals surface area contributed by atoms with E-state index in [4.69, 9.17) is 0 Å². The second-order valence-corrected chi connectivity index (χ2v) is 5.14. The van der Waals surface area contributed by atoms with E-state index in [9.17, 15) is 13.2 Å². The van der Waals surface area contributed by atoms with Gasteiger partial charge < -0.3 is 10.2 Å². The Hall–Kier alpha value is -0.250. The summed E-state index contributed by atoms with van der Waals surface area (Å²) in [5.41, 5.74) is 0. The Bertz CT molecular complexity index is 304. The fraction of sp³-hybridized carbons (Fsp3) is 0.923. The van der Waals surface area contributed by atoms with Gasteiger partial charge in [-0.05, 0) is 39.8 Å². The van der Waals surface area contributed by atoms with Crippen molar-refractivity contribution in [2.75, 3.05) is 46.3 Å². The highest BCUT2D eigenvalue weighted by Crippen LogP contribution is 2.15. The summed E-state index contributed by atoms with van der Waals surface area (Å²) in [5.74, 6) is 0.892. The molecule has 8 heteroatoms. The molecule has 0 unspecified atom stereocenters. The second-order valence-electron chi connectivity index (χ2n) is 5.14. The summed E-state index contributed by atoms with van der Waals surface area (Å²) in [6.07, 6.45) is -1.13. The number of hydrogen-bond acceptors (Lipinski definition) is 2. The van der Waals surface area contributed by atoms with Crippen molar-refractivity contribution in [1.82, 2.24) is 15.1 Å². The van der Waals surface area contributed by atoms with E-state index in [-0.39, 0.29) is 24.0 Å². The predicted octanol–water partition coefficient (Wildman–Crippen LogP) is 2.55. The van der Waals surface area contributed by atoms with Crippen LogP contribution in [0.4, 0.5) is 13.2 Å². The number of rotatable bonds is 6. The van der Waals surface area contributed by atoms with Crippen LogP contribution in [-0.2, 0) is 0 Å². The number of halogens is 4. The van der Waals surface area contributed by atoms with Gasteiger partial charge in [0, 0.05) is 26.2 Å². The van der Waals surface area contributed by atoms with Crippen LogP contribution in [0.1, 0.15) is 26.2 Å². The van der Waals surface area contributed by atoms with Crippen LogP contribution in [0, 0.1) is 0 Å². The van der Waals surface area contributed by atoms with Crippen molar-refractivity contribution in [3.05, 3.63) is 0 Å². The largest absolute Gasteiger partial charge is 0.401 e. The molecule has 1 fully saturated rings. The van der Waals surface area contributed by atoms with Gasteiger partial charge in [0.2, 0.25) is 0 Å². The number of aliphatic imine (C=N–C) groups is 1. The molecule has 0 radical (unpaired) electrons. The third-order valence-corrected chi connectivity index (χ3v) is 3.15. The van der Waals surface area contributed by atoms with Crippen molar-refractivity contribution < 1.29 is 13.2 Å². The number of nitrogens with one attached hydrogen (secondary N) is 1. The average molecular weight is 422 g/mol. The molecule has 0 amide bonds. The molecule has 0 saturated carbocycles. The highest BCUT2D eigenvalue weighted by atomic mass is 127. The minimum Gasteiger partial charge on any atom is -0.357 e. The Morgan fingerprint density at radius 2 is 1.90 bits per heavy atom. The van der Waals surface area contributed by atoms with E-state index in [2.05, 4.69) is 15.2 Å². The minimum atomic E-state index is -4.12. The van der Waals surface area contributed by atoms with Crippen LogP contribution in [0.2, 0.25) is 0 Å². The second kappa shape index (κ2) is 10.5. The van der Waals surface area contributed by atoms with Crippen LogP contribution in [0.25, 0.3) is 0 Å². The summed E-state index contributed by atoms with van der Waals surface area (Å²) in [4.78, 5) is 7.99. The summed E-state index contributed by atoms with van der Waals surface area (Å²) < 4.78 is 36.5. The smallest absolute Gasteiger partial charge is 0.357 e. The first-order valence-electron chi connectivity index (χ1n) is 7.21. The Labute approximate surface area is 142 Å². The molecule has 0 aromatic heterocycles. The number of alkyl halides is 3. The van der Waals surface area contributed by atoms with E-state index in [1.54, 1.807) is 0 Å². The molecular formula is C13H26F3IN4. The number of likely N-dealkylation sites (tertiary alicyclic amines) is 1. The molecule has 1 rings (SSSR count). The van der Waals surface area contributed by atoms with Gasteiger partial charge in [-0.1, -0.05) is 0 Å². The Balaban J connectivity index is 0.00000400. The Morgan fingerprint density at radius 1 is 1.29 bits per heavy atom. The van der Waals surface area contributed by atoms with Crippen molar-refractivity contribution in [3.63, 3.8) is 0 Å². The molecular weight excluding hydrogens is 396 g/mol. The first-order chi connectivity index (χ1) is 9.42. The standard InChI is InChI=1S/C13H25F3N4.HI/c1-3-17-12(20-9-4-5-10-20)18-7-6-8-19(2)11-13(14,15)16;/h3-11H2,1-2H3,(H,17,18);1H. The van der Waals surface area contributed by atoms with Gasteiger partial charge in [-0.2, -0.15) is 13.2 Å². The zero-order valence-electron chi connectivity index (χ0n) is 12.7. The molecule has 4 nitrogen and oxygen atoms in total. The summed E-state index contributed by atoms with van der Waals surface area (Å²) in [7, 11) is 1.49. The van der Waals surface area contributed by atoms with Crippen molar-refractivity contribution in [2.45, 2.75) is 32.4 Å². The van der Waals surface area contributed by atoms with Crippen LogP contribution in [0.15, 0.2) is 4.99 Å². The zero-order valence-corrected chi connectivity index (χ0v) is 15.1. The number of hydrogen-bond donors (Lipinski definition) is 1. The zero-order chi connectivity index (χ0) is 15.0. The molecule has 0 aromatic carbocycles. The minimum absolute atomic E-state index is 0. The molecule has 21 heavy (non-hydrogen) atoms. The van der Waals surface area contributed by atoms with Gasteiger partial charge in [0.15, 0.2) is 5.96 Å². The van der Waals surface area contributed by atoms with Crippen molar-refractivity contribution in [1.29, 1.82) is 0 Å². The van der Waals surface area contributed by atoms with Crippen molar-refractivity contribution in [2.24, 2.45) is 4.99 Å². The predicted molar refractivity (Wildman–Crippen MR) is 90.4 cm³/mol. The van der Waals surface area contributed by atoms with Crippen LogP contribution in [0.3, 0.4) is 0 Å². The topological polar surface area (TPSA) is 30.9 Å². The van der Waals surface area contributed by atoms with Crippen molar-refractivity contribution >= 4 is 29.9 Å². The third kappa shape index (κ3) is 9.38. The van der Waals surface area contributed by atoms with Gasteiger partial charge in [-0.25, -0.2) is 0 Å². The molecule has 1 saturated heterocycles. The first-order valence-corrected chi connectivity index (χ1v) is 7.21. The van der Waals surface area contributed by atoms with Gasteiger partial charge in [-0.3, -0.25) is 9.89 Å². The van der Waals surface area contributed by atoms with Gasteiger partial charge in [0.25, 0.3) is 0 Å². The number of nitrogens with zero attached hydrogens (tertiary/aromatic N) is 3. The monoisotopic (exact) mass is 422 g/mol.